The minimum Gasteiger partial charge on any atom is -0.398 e. The van der Waals surface area contributed by atoms with E-state index in [4.69, 9.17) is 5.73 Å². The number of fused-ring (bicyclic) bond motifs is 1. The van der Waals surface area contributed by atoms with E-state index < -0.39 is 0 Å². The number of rotatable bonds is 4. The topological polar surface area (TPSA) is 71.2 Å². The van der Waals surface area contributed by atoms with Gasteiger partial charge in [-0.25, -0.2) is 0 Å². The van der Waals surface area contributed by atoms with Crippen molar-refractivity contribution in [3.05, 3.63) is 30.6 Å². The largest absolute Gasteiger partial charge is 0.398 e. The third-order valence-electron chi connectivity index (χ3n) is 3.64. The molecule has 4 N–H and O–H groups in total. The van der Waals surface area contributed by atoms with Gasteiger partial charge in [-0.05, 0) is 30.0 Å². The van der Waals surface area contributed by atoms with Gasteiger partial charge in [-0.15, -0.1) is 0 Å². The van der Waals surface area contributed by atoms with Crippen molar-refractivity contribution in [3.63, 3.8) is 0 Å². The van der Waals surface area contributed by atoms with Gasteiger partial charge in [-0.3, -0.25) is 4.98 Å². The Morgan fingerprint density at radius 3 is 2.65 bits per heavy atom. The Morgan fingerprint density at radius 1 is 1.25 bits per heavy atom. The second-order valence-corrected chi connectivity index (χ2v) is 6.20. The third kappa shape index (κ3) is 3.02. The fourth-order valence-electron chi connectivity index (χ4n) is 2.38. The number of nitrogens with two attached hydrogens (primary N) is 1. The van der Waals surface area contributed by atoms with E-state index in [0.717, 1.165) is 22.1 Å². The molecule has 4 heteroatoms. The van der Waals surface area contributed by atoms with Crippen LogP contribution >= 0.6 is 0 Å². The molecule has 1 atom stereocenters. The molecule has 0 spiro atoms. The van der Waals surface area contributed by atoms with Crippen LogP contribution in [0.2, 0.25) is 0 Å². The summed E-state index contributed by atoms with van der Waals surface area (Å²) < 4.78 is 0. The first kappa shape index (κ1) is 14.6. The molecule has 2 aromatic rings. The molecule has 0 aliphatic heterocycles. The summed E-state index contributed by atoms with van der Waals surface area (Å²) in [6.45, 7) is 6.66. The Morgan fingerprint density at radius 2 is 2.00 bits per heavy atom. The number of nitrogens with zero attached hydrogens (tertiary/aromatic N) is 1. The van der Waals surface area contributed by atoms with E-state index in [1.165, 1.54) is 0 Å². The zero-order chi connectivity index (χ0) is 14.8. The summed E-state index contributed by atoms with van der Waals surface area (Å²) in [4.78, 5) is 4.19. The molecule has 0 bridgehead atoms. The molecule has 0 fully saturated rings. The molecule has 0 aliphatic carbocycles. The maximum absolute atomic E-state index is 9.26. The molecule has 4 nitrogen and oxygen atoms in total. The number of anilines is 2. The number of hydrogen-bond acceptors (Lipinski definition) is 4. The van der Waals surface area contributed by atoms with Gasteiger partial charge in [0, 0.05) is 47.2 Å². The minimum atomic E-state index is 0.0542. The monoisotopic (exact) mass is 273 g/mol. The van der Waals surface area contributed by atoms with Crippen LogP contribution in [0.5, 0.6) is 0 Å². The zero-order valence-electron chi connectivity index (χ0n) is 12.4. The van der Waals surface area contributed by atoms with Crippen LogP contribution in [-0.2, 0) is 0 Å². The van der Waals surface area contributed by atoms with E-state index >= 15 is 0 Å². The Bertz CT molecular complexity index is 590. The maximum atomic E-state index is 9.26. The number of pyridine rings is 1. The summed E-state index contributed by atoms with van der Waals surface area (Å²) in [6, 6.07) is 5.99. The average molecular weight is 273 g/mol. The molecule has 20 heavy (non-hydrogen) atoms. The lowest BCUT2D eigenvalue weighted by Crippen LogP contribution is -2.34. The van der Waals surface area contributed by atoms with E-state index in [0.29, 0.717) is 6.42 Å². The number of aliphatic hydroxyl groups is 1. The van der Waals surface area contributed by atoms with E-state index in [2.05, 4.69) is 31.1 Å². The maximum Gasteiger partial charge on any atom is 0.0450 e. The molecule has 0 saturated carbocycles. The second kappa shape index (κ2) is 5.67. The third-order valence-corrected chi connectivity index (χ3v) is 3.64. The van der Waals surface area contributed by atoms with Crippen LogP contribution in [-0.4, -0.2) is 22.7 Å². The molecular formula is C16H23N3O. The highest BCUT2D eigenvalue weighted by Gasteiger charge is 2.24. The SMILES string of the molecule is CC(C)(C)C(CCO)Nc1ccc(N)c2ccncc12. The normalized spacial score (nSPS) is 13.4. The quantitative estimate of drug-likeness (QED) is 0.749. The van der Waals surface area contributed by atoms with Gasteiger partial charge in [0.15, 0.2) is 0 Å². The van der Waals surface area contributed by atoms with Crippen LogP contribution in [0.4, 0.5) is 11.4 Å². The summed E-state index contributed by atoms with van der Waals surface area (Å²) in [5.74, 6) is 0. The predicted octanol–water partition coefficient (Wildman–Crippen LogP) is 3.03. The van der Waals surface area contributed by atoms with E-state index in [-0.39, 0.29) is 18.1 Å². The summed E-state index contributed by atoms with van der Waals surface area (Å²) in [5.41, 5.74) is 7.82. The molecule has 1 aromatic carbocycles. The van der Waals surface area contributed by atoms with Gasteiger partial charge in [-0.1, -0.05) is 20.8 Å². The Balaban J connectivity index is 2.40. The molecule has 1 unspecified atom stereocenters. The van der Waals surface area contributed by atoms with Gasteiger partial charge in [0.25, 0.3) is 0 Å². The standard InChI is InChI=1S/C16H23N3O/c1-16(2,3)15(7-9-20)19-14-5-4-13(17)11-6-8-18-10-12(11)14/h4-6,8,10,15,19-20H,7,9,17H2,1-3H3. The highest BCUT2D eigenvalue weighted by atomic mass is 16.3. The number of nitrogens with one attached hydrogen (secondary N) is 1. The lowest BCUT2D eigenvalue weighted by atomic mass is 9.84. The molecule has 1 aromatic heterocycles. The summed E-state index contributed by atoms with van der Waals surface area (Å²) in [5, 5.41) is 14.8. The first-order valence-electron chi connectivity index (χ1n) is 6.93. The van der Waals surface area contributed by atoms with Crippen LogP contribution in [0.25, 0.3) is 10.8 Å². The van der Waals surface area contributed by atoms with Crippen molar-refractivity contribution in [1.29, 1.82) is 0 Å². The van der Waals surface area contributed by atoms with Crippen molar-refractivity contribution in [3.8, 4) is 0 Å². The summed E-state index contributed by atoms with van der Waals surface area (Å²) in [6.07, 6.45) is 4.28. The van der Waals surface area contributed by atoms with E-state index in [1.54, 1.807) is 6.20 Å². The van der Waals surface area contributed by atoms with Crippen molar-refractivity contribution < 1.29 is 5.11 Å². The van der Waals surface area contributed by atoms with E-state index in [1.807, 2.05) is 24.4 Å². The fourth-order valence-corrected chi connectivity index (χ4v) is 2.38. The summed E-state index contributed by atoms with van der Waals surface area (Å²) in [7, 11) is 0. The van der Waals surface area contributed by atoms with Crippen LogP contribution in [0.1, 0.15) is 27.2 Å². The van der Waals surface area contributed by atoms with Crippen LogP contribution < -0.4 is 11.1 Å². The molecule has 108 valence electrons. The van der Waals surface area contributed by atoms with Crippen LogP contribution in [0.15, 0.2) is 30.6 Å². The highest BCUT2D eigenvalue weighted by molar-refractivity contribution is 6.00. The molecule has 0 radical (unpaired) electrons. The summed E-state index contributed by atoms with van der Waals surface area (Å²) >= 11 is 0. The van der Waals surface area contributed by atoms with Crippen molar-refractivity contribution in [2.45, 2.75) is 33.2 Å². The lowest BCUT2D eigenvalue weighted by molar-refractivity contribution is 0.235. The zero-order valence-corrected chi connectivity index (χ0v) is 12.4. The number of aliphatic hydroxyl groups excluding tert-OH is 1. The number of hydrogen-bond donors (Lipinski definition) is 3. The number of nitrogen functional groups attached to an aromatic ring is 1. The second-order valence-electron chi connectivity index (χ2n) is 6.20. The van der Waals surface area contributed by atoms with Gasteiger partial charge in [0.1, 0.15) is 0 Å². The Hall–Kier alpha value is -1.81. The number of benzene rings is 1. The van der Waals surface area contributed by atoms with Gasteiger partial charge >= 0.3 is 0 Å². The smallest absolute Gasteiger partial charge is 0.0450 e. The fraction of sp³-hybridized carbons (Fsp3) is 0.438. The van der Waals surface area contributed by atoms with Crippen molar-refractivity contribution in [2.75, 3.05) is 17.7 Å². The van der Waals surface area contributed by atoms with Gasteiger partial charge in [0.05, 0.1) is 0 Å². The first-order valence-corrected chi connectivity index (χ1v) is 6.93. The van der Waals surface area contributed by atoms with Crippen LogP contribution in [0, 0.1) is 5.41 Å². The van der Waals surface area contributed by atoms with Crippen LogP contribution in [0.3, 0.4) is 0 Å². The molecule has 2 rings (SSSR count). The van der Waals surface area contributed by atoms with Crippen molar-refractivity contribution in [2.24, 2.45) is 5.41 Å². The molecule has 0 saturated heterocycles. The predicted molar refractivity (Wildman–Crippen MR) is 84.7 cm³/mol. The van der Waals surface area contributed by atoms with Crippen molar-refractivity contribution in [1.82, 2.24) is 4.98 Å². The van der Waals surface area contributed by atoms with Gasteiger partial charge in [0.2, 0.25) is 0 Å². The average Bonchev–Trinajstić information content (AvgIpc) is 2.40. The first-order chi connectivity index (χ1) is 9.43. The molecule has 1 heterocycles. The Labute approximate surface area is 120 Å². The van der Waals surface area contributed by atoms with Crippen molar-refractivity contribution >= 4 is 22.1 Å². The number of aromatic nitrogens is 1. The molecular weight excluding hydrogens is 250 g/mol. The van der Waals surface area contributed by atoms with Gasteiger partial charge < -0.3 is 16.2 Å². The minimum absolute atomic E-state index is 0.0542. The Kier molecular flexibility index (Phi) is 4.14. The van der Waals surface area contributed by atoms with Gasteiger partial charge in [-0.2, -0.15) is 0 Å². The van der Waals surface area contributed by atoms with E-state index in [9.17, 15) is 5.11 Å². The lowest BCUT2D eigenvalue weighted by Gasteiger charge is -2.32. The molecule has 0 aliphatic rings. The highest BCUT2D eigenvalue weighted by Crippen LogP contribution is 2.31. The molecule has 0 amide bonds.